The van der Waals surface area contributed by atoms with E-state index in [0.29, 0.717) is 16.7 Å². The standard InChI is InChI=1S/C21H17ClN2O8/c1-11-6-13(4-5-16(11)24(27)28)20-23-15(21(26)32-20)8-12-7-14(22)19(17(9-12)29-2)31-10-18(25)30-3/h4-9H,10H2,1-3H3/b15-8-. The highest BCUT2D eigenvalue weighted by Crippen LogP contribution is 2.37. The summed E-state index contributed by atoms with van der Waals surface area (Å²) in [6, 6.07) is 7.33. The van der Waals surface area contributed by atoms with Crippen LogP contribution in [-0.2, 0) is 19.1 Å². The van der Waals surface area contributed by atoms with Crippen LogP contribution in [-0.4, -0.2) is 43.6 Å². The number of ether oxygens (including phenoxy) is 4. The Hall–Kier alpha value is -3.92. The van der Waals surface area contributed by atoms with Gasteiger partial charge in [-0.05, 0) is 42.8 Å². The number of carbonyl (C=O) groups is 2. The zero-order valence-electron chi connectivity index (χ0n) is 17.2. The summed E-state index contributed by atoms with van der Waals surface area (Å²) in [5.41, 5.74) is 1.24. The van der Waals surface area contributed by atoms with Gasteiger partial charge < -0.3 is 18.9 Å². The molecule has 0 aliphatic carbocycles. The number of hydrogen-bond donors (Lipinski definition) is 0. The first-order valence-corrected chi connectivity index (χ1v) is 9.46. The molecule has 0 saturated carbocycles. The number of halogens is 1. The molecule has 3 rings (SSSR count). The van der Waals surface area contributed by atoms with Crippen molar-refractivity contribution in [1.29, 1.82) is 0 Å². The molecule has 2 aromatic carbocycles. The molecule has 1 heterocycles. The molecule has 0 fully saturated rings. The number of nitro groups is 1. The lowest BCUT2D eigenvalue weighted by Gasteiger charge is -2.12. The van der Waals surface area contributed by atoms with E-state index in [-0.39, 0.29) is 40.4 Å². The Balaban J connectivity index is 1.91. The SMILES string of the molecule is COC(=O)COc1c(Cl)cc(/C=C2\N=C(c3ccc([N+](=O)[O-])c(C)c3)OC2=O)cc1OC. The van der Waals surface area contributed by atoms with Crippen LogP contribution in [0.25, 0.3) is 6.08 Å². The van der Waals surface area contributed by atoms with Crippen molar-refractivity contribution in [2.24, 2.45) is 4.99 Å². The Kier molecular flexibility index (Phi) is 6.74. The van der Waals surface area contributed by atoms with E-state index in [1.807, 2.05) is 0 Å². The molecule has 2 aromatic rings. The first-order valence-electron chi connectivity index (χ1n) is 9.08. The summed E-state index contributed by atoms with van der Waals surface area (Å²) in [6.07, 6.45) is 1.44. The average Bonchev–Trinajstić information content (AvgIpc) is 3.12. The fourth-order valence-corrected chi connectivity index (χ4v) is 3.11. The van der Waals surface area contributed by atoms with Crippen molar-refractivity contribution >= 4 is 41.2 Å². The van der Waals surface area contributed by atoms with Crippen LogP contribution in [0.15, 0.2) is 41.0 Å². The van der Waals surface area contributed by atoms with Crippen LogP contribution in [0.4, 0.5) is 5.69 Å². The number of aliphatic imine (C=N–C) groups is 1. The van der Waals surface area contributed by atoms with E-state index < -0.39 is 16.9 Å². The van der Waals surface area contributed by atoms with E-state index in [1.54, 1.807) is 13.0 Å². The maximum atomic E-state index is 12.3. The summed E-state index contributed by atoms with van der Waals surface area (Å²) < 4.78 is 20.3. The molecule has 0 bridgehead atoms. The zero-order valence-corrected chi connectivity index (χ0v) is 18.0. The molecule has 1 aliphatic heterocycles. The van der Waals surface area contributed by atoms with E-state index in [9.17, 15) is 19.7 Å². The van der Waals surface area contributed by atoms with Crippen LogP contribution in [0, 0.1) is 17.0 Å². The first kappa shape index (κ1) is 22.8. The molecular weight excluding hydrogens is 444 g/mol. The number of rotatable bonds is 7. The summed E-state index contributed by atoms with van der Waals surface area (Å²) in [5, 5.41) is 11.1. The summed E-state index contributed by atoms with van der Waals surface area (Å²) >= 11 is 6.25. The van der Waals surface area contributed by atoms with Gasteiger partial charge in [-0.25, -0.2) is 14.6 Å². The lowest BCUT2D eigenvalue weighted by atomic mass is 10.1. The third kappa shape index (κ3) is 4.86. The Morgan fingerprint density at radius 3 is 2.66 bits per heavy atom. The lowest BCUT2D eigenvalue weighted by molar-refractivity contribution is -0.385. The monoisotopic (exact) mass is 460 g/mol. The van der Waals surface area contributed by atoms with Gasteiger partial charge in [0.2, 0.25) is 5.90 Å². The highest BCUT2D eigenvalue weighted by Gasteiger charge is 2.26. The van der Waals surface area contributed by atoms with Gasteiger partial charge in [-0.2, -0.15) is 0 Å². The van der Waals surface area contributed by atoms with E-state index in [2.05, 4.69) is 9.73 Å². The lowest BCUT2D eigenvalue weighted by Crippen LogP contribution is -2.13. The fourth-order valence-electron chi connectivity index (χ4n) is 2.84. The van der Waals surface area contributed by atoms with Gasteiger partial charge in [0.05, 0.1) is 24.2 Å². The van der Waals surface area contributed by atoms with Crippen molar-refractivity contribution in [1.82, 2.24) is 0 Å². The molecule has 0 amide bonds. The van der Waals surface area contributed by atoms with Gasteiger partial charge in [-0.15, -0.1) is 0 Å². The van der Waals surface area contributed by atoms with Gasteiger partial charge in [0, 0.05) is 17.2 Å². The average molecular weight is 461 g/mol. The number of hydrogen-bond acceptors (Lipinski definition) is 9. The van der Waals surface area contributed by atoms with Crippen LogP contribution >= 0.6 is 11.6 Å². The minimum Gasteiger partial charge on any atom is -0.493 e. The van der Waals surface area contributed by atoms with E-state index in [4.69, 9.17) is 25.8 Å². The van der Waals surface area contributed by atoms with Crippen LogP contribution < -0.4 is 9.47 Å². The zero-order chi connectivity index (χ0) is 23.4. The van der Waals surface area contributed by atoms with Crippen molar-refractivity contribution in [3.63, 3.8) is 0 Å². The molecule has 0 atom stereocenters. The third-order valence-electron chi connectivity index (χ3n) is 4.38. The van der Waals surface area contributed by atoms with Gasteiger partial charge >= 0.3 is 11.9 Å². The Morgan fingerprint density at radius 1 is 1.28 bits per heavy atom. The van der Waals surface area contributed by atoms with Gasteiger partial charge in [0.15, 0.2) is 23.8 Å². The van der Waals surface area contributed by atoms with Gasteiger partial charge in [0.25, 0.3) is 5.69 Å². The molecule has 0 N–H and O–H groups in total. The molecule has 0 spiro atoms. The Morgan fingerprint density at radius 2 is 2.03 bits per heavy atom. The van der Waals surface area contributed by atoms with Crippen molar-refractivity contribution in [2.45, 2.75) is 6.92 Å². The summed E-state index contributed by atoms with van der Waals surface area (Å²) in [4.78, 5) is 38.3. The first-order chi connectivity index (χ1) is 15.2. The highest BCUT2D eigenvalue weighted by molar-refractivity contribution is 6.32. The molecule has 11 heteroatoms. The number of nitro benzene ring substituents is 1. The van der Waals surface area contributed by atoms with E-state index in [1.165, 1.54) is 44.6 Å². The number of aryl methyl sites for hydroxylation is 1. The molecule has 1 aliphatic rings. The van der Waals surface area contributed by atoms with Crippen LogP contribution in [0.3, 0.4) is 0 Å². The summed E-state index contributed by atoms with van der Waals surface area (Å²) in [6.45, 7) is 1.22. The van der Waals surface area contributed by atoms with Crippen molar-refractivity contribution < 1.29 is 33.5 Å². The number of esters is 2. The second-order valence-electron chi connectivity index (χ2n) is 6.49. The molecule has 32 heavy (non-hydrogen) atoms. The molecule has 10 nitrogen and oxygen atoms in total. The number of carbonyl (C=O) groups excluding carboxylic acids is 2. The number of cyclic esters (lactones) is 1. The minimum atomic E-state index is -0.697. The molecule has 0 saturated heterocycles. The molecule has 166 valence electrons. The van der Waals surface area contributed by atoms with Crippen LogP contribution in [0.5, 0.6) is 11.5 Å². The quantitative estimate of drug-likeness (QED) is 0.266. The van der Waals surface area contributed by atoms with Crippen molar-refractivity contribution in [3.05, 3.63) is 67.9 Å². The number of benzene rings is 2. The molecule has 0 aromatic heterocycles. The third-order valence-corrected chi connectivity index (χ3v) is 4.66. The van der Waals surface area contributed by atoms with Crippen LogP contribution in [0.1, 0.15) is 16.7 Å². The normalized spacial score (nSPS) is 14.1. The minimum absolute atomic E-state index is 0.00245. The fraction of sp³-hybridized carbons (Fsp3) is 0.190. The summed E-state index contributed by atoms with van der Waals surface area (Å²) in [7, 11) is 2.62. The largest absolute Gasteiger partial charge is 0.493 e. The molecule has 0 unspecified atom stereocenters. The predicted octanol–water partition coefficient (Wildman–Crippen LogP) is 3.46. The van der Waals surface area contributed by atoms with E-state index in [0.717, 1.165) is 0 Å². The number of nitrogens with zero attached hydrogens (tertiary/aromatic N) is 2. The predicted molar refractivity (Wildman–Crippen MR) is 114 cm³/mol. The van der Waals surface area contributed by atoms with E-state index >= 15 is 0 Å². The topological polar surface area (TPSA) is 127 Å². The Labute approximate surface area is 187 Å². The Bertz CT molecular complexity index is 1170. The van der Waals surface area contributed by atoms with Gasteiger partial charge in [-0.3, -0.25) is 10.1 Å². The second kappa shape index (κ2) is 9.48. The maximum Gasteiger partial charge on any atom is 0.363 e. The van der Waals surface area contributed by atoms with Gasteiger partial charge in [0.1, 0.15) is 0 Å². The van der Waals surface area contributed by atoms with Crippen molar-refractivity contribution in [3.8, 4) is 11.5 Å². The smallest absolute Gasteiger partial charge is 0.363 e. The molecular formula is C21H17ClN2O8. The second-order valence-corrected chi connectivity index (χ2v) is 6.90. The van der Waals surface area contributed by atoms with Gasteiger partial charge in [-0.1, -0.05) is 11.6 Å². The number of methoxy groups -OCH3 is 2. The maximum absolute atomic E-state index is 12.3. The molecule has 0 radical (unpaired) electrons. The summed E-state index contributed by atoms with van der Waals surface area (Å²) in [5.74, 6) is -0.894. The van der Waals surface area contributed by atoms with Crippen molar-refractivity contribution in [2.75, 3.05) is 20.8 Å². The highest BCUT2D eigenvalue weighted by atomic mass is 35.5. The van der Waals surface area contributed by atoms with Crippen LogP contribution in [0.2, 0.25) is 5.02 Å².